The predicted octanol–water partition coefficient (Wildman–Crippen LogP) is 3.85. The van der Waals surface area contributed by atoms with E-state index in [1.54, 1.807) is 30.3 Å². The molecule has 3 aromatic carbocycles. The summed E-state index contributed by atoms with van der Waals surface area (Å²) >= 11 is 0. The van der Waals surface area contributed by atoms with Gasteiger partial charge in [0.05, 0.1) is 27.6 Å². The van der Waals surface area contributed by atoms with Crippen LogP contribution < -0.4 is 11.5 Å². The normalized spacial score (nSPS) is 11.6. The minimum atomic E-state index is -4.28. The van der Waals surface area contributed by atoms with Crippen molar-refractivity contribution in [1.82, 2.24) is 0 Å². The fourth-order valence-corrected chi connectivity index (χ4v) is 3.15. The first-order valence-electron chi connectivity index (χ1n) is 8.16. The summed E-state index contributed by atoms with van der Waals surface area (Å²) in [5.74, 6) is 0. The van der Waals surface area contributed by atoms with Crippen LogP contribution in [0.15, 0.2) is 75.5 Å². The molecule has 28 heavy (non-hydrogen) atoms. The van der Waals surface area contributed by atoms with Crippen LogP contribution in [0.3, 0.4) is 0 Å². The smallest absolute Gasteiger partial charge is 0.294 e. The first kappa shape index (κ1) is 19.3. The number of benzene rings is 3. The van der Waals surface area contributed by atoms with Gasteiger partial charge in [0.2, 0.25) is 0 Å². The van der Waals surface area contributed by atoms with E-state index in [1.165, 1.54) is 24.4 Å². The molecule has 7 nitrogen and oxygen atoms in total. The highest BCUT2D eigenvalue weighted by molar-refractivity contribution is 7.85. The molecule has 0 aromatic heterocycles. The summed E-state index contributed by atoms with van der Waals surface area (Å²) in [6.45, 7) is 3.48. The number of anilines is 2. The Hall–Kier alpha value is -3.49. The number of nitrogens with zero attached hydrogens (tertiary/aromatic N) is 2. The molecule has 3 rings (SSSR count). The lowest BCUT2D eigenvalue weighted by Crippen LogP contribution is -1.98. The summed E-state index contributed by atoms with van der Waals surface area (Å²) in [6, 6.07) is 16.6. The third-order valence-electron chi connectivity index (χ3n) is 4.07. The zero-order valence-corrected chi connectivity index (χ0v) is 15.6. The van der Waals surface area contributed by atoms with Crippen molar-refractivity contribution in [3.63, 3.8) is 0 Å². The second-order valence-corrected chi connectivity index (χ2v) is 7.43. The van der Waals surface area contributed by atoms with Gasteiger partial charge in [-0.1, -0.05) is 24.3 Å². The second-order valence-electron chi connectivity index (χ2n) is 6.01. The predicted molar refractivity (Wildman–Crippen MR) is 113 cm³/mol. The highest BCUT2D eigenvalue weighted by atomic mass is 32.2. The lowest BCUT2D eigenvalue weighted by molar-refractivity contribution is 0.483. The van der Waals surface area contributed by atoms with E-state index < -0.39 is 10.1 Å². The minimum Gasteiger partial charge on any atom is -0.397 e. The second kappa shape index (κ2) is 7.63. The average Bonchev–Trinajstić information content (AvgIpc) is 2.67. The number of aliphatic imine (C=N–C) groups is 2. The molecule has 0 unspecified atom stereocenters. The van der Waals surface area contributed by atoms with Crippen LogP contribution in [-0.4, -0.2) is 25.9 Å². The monoisotopic (exact) mass is 394 g/mol. The maximum absolute atomic E-state index is 11.3. The van der Waals surface area contributed by atoms with Crippen molar-refractivity contribution in [1.29, 1.82) is 0 Å². The van der Waals surface area contributed by atoms with Crippen LogP contribution in [0.5, 0.6) is 0 Å². The Bertz CT molecular complexity index is 1190. The van der Waals surface area contributed by atoms with Gasteiger partial charge < -0.3 is 11.5 Å². The van der Waals surface area contributed by atoms with E-state index in [2.05, 4.69) is 16.7 Å². The Kier molecular flexibility index (Phi) is 5.25. The van der Waals surface area contributed by atoms with Crippen LogP contribution in [0, 0.1) is 0 Å². The van der Waals surface area contributed by atoms with Gasteiger partial charge >= 0.3 is 0 Å². The van der Waals surface area contributed by atoms with Crippen LogP contribution in [0.1, 0.15) is 5.56 Å². The Balaban J connectivity index is 1.95. The SMILES string of the molecule is C=Nc1ccc(-c2ccc(N)c(N=Cc3cccc(S(=O)(=O)O)c3)c2)cc1N. The number of hydrogen-bond donors (Lipinski definition) is 3. The summed E-state index contributed by atoms with van der Waals surface area (Å²) in [5.41, 5.74) is 16.3. The summed E-state index contributed by atoms with van der Waals surface area (Å²) in [4.78, 5) is 8.00. The topological polar surface area (TPSA) is 131 Å². The molecule has 0 bridgehead atoms. The van der Waals surface area contributed by atoms with Crippen molar-refractivity contribution in [2.24, 2.45) is 9.98 Å². The van der Waals surface area contributed by atoms with E-state index in [0.29, 0.717) is 28.3 Å². The highest BCUT2D eigenvalue weighted by Crippen LogP contribution is 2.32. The lowest BCUT2D eigenvalue weighted by atomic mass is 10.0. The van der Waals surface area contributed by atoms with E-state index >= 15 is 0 Å². The Morgan fingerprint density at radius 3 is 2.29 bits per heavy atom. The molecule has 142 valence electrons. The molecule has 0 aliphatic heterocycles. The van der Waals surface area contributed by atoms with E-state index in [1.807, 2.05) is 12.1 Å². The molecule has 0 aliphatic rings. The molecule has 0 radical (unpaired) electrons. The minimum absolute atomic E-state index is 0.204. The maximum Gasteiger partial charge on any atom is 0.294 e. The Morgan fingerprint density at radius 1 is 0.893 bits per heavy atom. The van der Waals surface area contributed by atoms with E-state index in [9.17, 15) is 8.42 Å². The molecule has 0 saturated heterocycles. The summed E-state index contributed by atoms with van der Waals surface area (Å²) in [7, 11) is -4.28. The van der Waals surface area contributed by atoms with Gasteiger partial charge in [0.25, 0.3) is 10.1 Å². The third-order valence-corrected chi connectivity index (χ3v) is 4.92. The molecular formula is C20H18N4O3S. The van der Waals surface area contributed by atoms with Gasteiger partial charge in [-0.2, -0.15) is 8.42 Å². The first-order valence-corrected chi connectivity index (χ1v) is 9.60. The molecule has 0 fully saturated rings. The van der Waals surface area contributed by atoms with Crippen molar-refractivity contribution in [2.45, 2.75) is 4.90 Å². The number of nitrogen functional groups attached to an aromatic ring is 2. The Labute approximate surface area is 162 Å². The van der Waals surface area contributed by atoms with Crippen LogP contribution in [-0.2, 0) is 10.1 Å². The van der Waals surface area contributed by atoms with Gasteiger partial charge in [-0.05, 0) is 59.8 Å². The Morgan fingerprint density at radius 2 is 1.61 bits per heavy atom. The molecule has 0 heterocycles. The molecule has 0 aliphatic carbocycles. The molecule has 0 spiro atoms. The van der Waals surface area contributed by atoms with Gasteiger partial charge in [-0.25, -0.2) is 0 Å². The molecule has 0 saturated carbocycles. The van der Waals surface area contributed by atoms with Crippen LogP contribution in [0.25, 0.3) is 11.1 Å². The van der Waals surface area contributed by atoms with Crippen molar-refractivity contribution in [3.05, 3.63) is 66.2 Å². The zero-order valence-electron chi connectivity index (χ0n) is 14.8. The molecular weight excluding hydrogens is 376 g/mol. The van der Waals surface area contributed by atoms with Gasteiger partial charge in [-0.3, -0.25) is 14.5 Å². The van der Waals surface area contributed by atoms with Gasteiger partial charge in [0, 0.05) is 6.21 Å². The van der Waals surface area contributed by atoms with E-state index in [-0.39, 0.29) is 4.90 Å². The molecule has 0 amide bonds. The van der Waals surface area contributed by atoms with Crippen molar-refractivity contribution < 1.29 is 13.0 Å². The van der Waals surface area contributed by atoms with Crippen LogP contribution >= 0.6 is 0 Å². The standard InChI is InChI=1S/C20H18N4O3S/c1-23-19-8-6-14(10-18(19)22)15-5-7-17(21)20(11-15)24-12-13-3-2-4-16(9-13)28(25,26)27/h2-12H,1,21-22H2,(H,25,26,27). The quantitative estimate of drug-likeness (QED) is 0.344. The van der Waals surface area contributed by atoms with Crippen LogP contribution in [0.4, 0.5) is 22.7 Å². The number of nitrogens with two attached hydrogens (primary N) is 2. The average molecular weight is 394 g/mol. The van der Waals surface area contributed by atoms with Crippen molar-refractivity contribution in [2.75, 3.05) is 11.5 Å². The van der Waals surface area contributed by atoms with Gasteiger partial charge in [0.15, 0.2) is 0 Å². The molecule has 3 aromatic rings. The number of rotatable bonds is 5. The number of hydrogen-bond acceptors (Lipinski definition) is 6. The molecule has 0 atom stereocenters. The van der Waals surface area contributed by atoms with Crippen molar-refractivity contribution in [3.8, 4) is 11.1 Å². The fraction of sp³-hybridized carbons (Fsp3) is 0. The van der Waals surface area contributed by atoms with Crippen LogP contribution in [0.2, 0.25) is 0 Å². The summed E-state index contributed by atoms with van der Waals surface area (Å²) < 4.78 is 31.7. The third kappa shape index (κ3) is 4.25. The largest absolute Gasteiger partial charge is 0.397 e. The van der Waals surface area contributed by atoms with Gasteiger partial charge in [-0.15, -0.1) is 0 Å². The lowest BCUT2D eigenvalue weighted by Gasteiger charge is -2.08. The zero-order chi connectivity index (χ0) is 20.3. The summed E-state index contributed by atoms with van der Waals surface area (Å²) in [5, 5.41) is 0. The highest BCUT2D eigenvalue weighted by Gasteiger charge is 2.09. The summed E-state index contributed by atoms with van der Waals surface area (Å²) in [6.07, 6.45) is 1.48. The molecule has 5 N–H and O–H groups in total. The van der Waals surface area contributed by atoms with E-state index in [4.69, 9.17) is 16.0 Å². The first-order chi connectivity index (χ1) is 13.3. The van der Waals surface area contributed by atoms with E-state index in [0.717, 1.165) is 11.1 Å². The fourth-order valence-electron chi connectivity index (χ4n) is 2.61. The molecule has 8 heteroatoms. The maximum atomic E-state index is 11.3. The van der Waals surface area contributed by atoms with Gasteiger partial charge in [0.1, 0.15) is 0 Å². The van der Waals surface area contributed by atoms with Crippen molar-refractivity contribution >= 4 is 45.8 Å².